The van der Waals surface area contributed by atoms with Gasteiger partial charge in [-0.1, -0.05) is 54.6 Å². The number of carbonyl (C=O) groups is 3. The Kier molecular flexibility index (Phi) is 7.10. The van der Waals surface area contributed by atoms with Crippen molar-refractivity contribution < 1.29 is 23.9 Å². The van der Waals surface area contributed by atoms with E-state index < -0.39 is 30.5 Å². The summed E-state index contributed by atoms with van der Waals surface area (Å²) in [5, 5.41) is 3.48. The van der Waals surface area contributed by atoms with Crippen LogP contribution < -0.4 is 5.32 Å². The van der Waals surface area contributed by atoms with E-state index in [4.69, 9.17) is 9.47 Å². The van der Waals surface area contributed by atoms with Gasteiger partial charge in [-0.3, -0.25) is 14.6 Å². The fourth-order valence-corrected chi connectivity index (χ4v) is 3.08. The zero-order valence-corrected chi connectivity index (χ0v) is 16.5. The third-order valence-electron chi connectivity index (χ3n) is 4.52. The molecule has 3 rings (SSSR count). The summed E-state index contributed by atoms with van der Waals surface area (Å²) >= 11 is 0. The first kappa shape index (κ1) is 21.0. The zero-order chi connectivity index (χ0) is 21.3. The third kappa shape index (κ3) is 5.64. The number of para-hydroxylation sites is 1. The van der Waals surface area contributed by atoms with Crippen LogP contribution in [0.1, 0.15) is 11.1 Å². The van der Waals surface area contributed by atoms with Gasteiger partial charge in [-0.25, -0.2) is 4.79 Å². The molecule has 1 amide bonds. The summed E-state index contributed by atoms with van der Waals surface area (Å²) in [4.78, 5) is 40.7. The van der Waals surface area contributed by atoms with Crippen LogP contribution in [0.25, 0.3) is 10.9 Å². The second-order valence-electron chi connectivity index (χ2n) is 6.66. The minimum atomic E-state index is -0.870. The summed E-state index contributed by atoms with van der Waals surface area (Å²) in [6, 6.07) is 17.6. The summed E-state index contributed by atoms with van der Waals surface area (Å²) in [6.45, 7) is -0.487. The predicted molar refractivity (Wildman–Crippen MR) is 110 cm³/mol. The van der Waals surface area contributed by atoms with Crippen molar-refractivity contribution in [3.63, 3.8) is 0 Å². The average Bonchev–Trinajstić information content (AvgIpc) is 2.77. The molecular weight excluding hydrogens is 384 g/mol. The number of benzene rings is 2. The monoisotopic (exact) mass is 406 g/mol. The Hall–Kier alpha value is -3.74. The quantitative estimate of drug-likeness (QED) is 0.577. The Balaban J connectivity index is 1.55. The Morgan fingerprint density at radius 1 is 1.00 bits per heavy atom. The molecule has 0 aliphatic carbocycles. The Labute approximate surface area is 174 Å². The number of hydrogen-bond acceptors (Lipinski definition) is 6. The lowest BCUT2D eigenvalue weighted by Gasteiger charge is -2.16. The number of pyridine rings is 1. The van der Waals surface area contributed by atoms with E-state index in [1.165, 1.54) is 7.11 Å². The minimum Gasteiger partial charge on any atom is -0.467 e. The summed E-state index contributed by atoms with van der Waals surface area (Å²) in [5.41, 5.74) is 2.30. The van der Waals surface area contributed by atoms with Crippen molar-refractivity contribution in [2.45, 2.75) is 18.9 Å². The first-order valence-corrected chi connectivity index (χ1v) is 9.46. The number of amides is 1. The molecule has 1 N–H and O–H groups in total. The van der Waals surface area contributed by atoms with Gasteiger partial charge in [-0.05, 0) is 17.2 Å². The van der Waals surface area contributed by atoms with Crippen molar-refractivity contribution in [2.75, 3.05) is 13.7 Å². The standard InChI is InChI=1S/C23H22N2O5/c1-29-23(28)19(13-16-7-3-2-4-8-16)25-20(26)15-30-21(27)14-18-10-5-9-17-11-6-12-24-22(17)18/h2-12,19H,13-15H2,1H3,(H,25,26). The van der Waals surface area contributed by atoms with Gasteiger partial charge in [0.25, 0.3) is 5.91 Å². The van der Waals surface area contributed by atoms with Crippen LogP contribution in [0.5, 0.6) is 0 Å². The van der Waals surface area contributed by atoms with Crippen LogP contribution in [0.4, 0.5) is 0 Å². The van der Waals surface area contributed by atoms with E-state index in [0.29, 0.717) is 0 Å². The first-order valence-electron chi connectivity index (χ1n) is 9.46. The largest absolute Gasteiger partial charge is 0.467 e. The third-order valence-corrected chi connectivity index (χ3v) is 4.52. The van der Waals surface area contributed by atoms with Gasteiger partial charge in [0.15, 0.2) is 6.61 Å². The molecule has 0 radical (unpaired) electrons. The lowest BCUT2D eigenvalue weighted by Crippen LogP contribution is -2.44. The van der Waals surface area contributed by atoms with E-state index in [0.717, 1.165) is 22.0 Å². The smallest absolute Gasteiger partial charge is 0.328 e. The number of nitrogens with zero attached hydrogens (tertiary/aromatic N) is 1. The van der Waals surface area contributed by atoms with Crippen molar-refractivity contribution in [1.82, 2.24) is 10.3 Å². The van der Waals surface area contributed by atoms with Crippen LogP contribution in [-0.4, -0.2) is 42.6 Å². The lowest BCUT2D eigenvalue weighted by atomic mass is 10.1. The average molecular weight is 406 g/mol. The molecule has 7 nitrogen and oxygen atoms in total. The number of methoxy groups -OCH3 is 1. The van der Waals surface area contributed by atoms with Crippen molar-refractivity contribution in [1.29, 1.82) is 0 Å². The van der Waals surface area contributed by atoms with E-state index in [9.17, 15) is 14.4 Å². The van der Waals surface area contributed by atoms with Gasteiger partial charge in [0, 0.05) is 18.0 Å². The Bertz CT molecular complexity index is 1030. The number of rotatable bonds is 8. The number of esters is 2. The van der Waals surface area contributed by atoms with E-state index in [2.05, 4.69) is 10.3 Å². The molecule has 3 aromatic rings. The van der Waals surface area contributed by atoms with E-state index in [1.54, 1.807) is 12.3 Å². The molecule has 0 fully saturated rings. The Morgan fingerprint density at radius 3 is 2.53 bits per heavy atom. The normalized spacial score (nSPS) is 11.5. The molecule has 0 aliphatic rings. The number of carbonyl (C=O) groups excluding carboxylic acids is 3. The van der Waals surface area contributed by atoms with Crippen LogP contribution >= 0.6 is 0 Å². The van der Waals surface area contributed by atoms with Crippen molar-refractivity contribution in [3.8, 4) is 0 Å². The predicted octanol–water partition coefficient (Wildman–Crippen LogP) is 2.22. The summed E-state index contributed by atoms with van der Waals surface area (Å²) < 4.78 is 9.85. The van der Waals surface area contributed by atoms with Gasteiger partial charge in [-0.15, -0.1) is 0 Å². The first-order chi connectivity index (χ1) is 14.6. The molecule has 0 aliphatic heterocycles. The van der Waals surface area contributed by atoms with Gasteiger partial charge < -0.3 is 14.8 Å². The molecule has 1 atom stereocenters. The maximum absolute atomic E-state index is 12.2. The molecule has 1 unspecified atom stereocenters. The summed E-state index contributed by atoms with van der Waals surface area (Å²) in [5.74, 6) is -1.70. The highest BCUT2D eigenvalue weighted by atomic mass is 16.5. The number of hydrogen-bond donors (Lipinski definition) is 1. The van der Waals surface area contributed by atoms with Gasteiger partial charge in [0.1, 0.15) is 6.04 Å². The van der Waals surface area contributed by atoms with Crippen molar-refractivity contribution in [3.05, 3.63) is 78.0 Å². The van der Waals surface area contributed by atoms with Crippen molar-refractivity contribution >= 4 is 28.7 Å². The SMILES string of the molecule is COC(=O)C(Cc1ccccc1)NC(=O)COC(=O)Cc1cccc2cccnc12. The van der Waals surface area contributed by atoms with Gasteiger partial charge in [0.05, 0.1) is 19.0 Å². The summed E-state index contributed by atoms with van der Waals surface area (Å²) in [7, 11) is 1.25. The fraction of sp³-hybridized carbons (Fsp3) is 0.217. The number of ether oxygens (including phenoxy) is 2. The fourth-order valence-electron chi connectivity index (χ4n) is 3.08. The van der Waals surface area contributed by atoms with E-state index in [-0.39, 0.29) is 12.8 Å². The van der Waals surface area contributed by atoms with Gasteiger partial charge in [0.2, 0.25) is 0 Å². The molecule has 0 saturated heterocycles. The van der Waals surface area contributed by atoms with Crippen LogP contribution in [0, 0.1) is 0 Å². The lowest BCUT2D eigenvalue weighted by molar-refractivity contribution is -0.149. The Morgan fingerprint density at radius 2 is 1.77 bits per heavy atom. The molecule has 1 aromatic heterocycles. The second kappa shape index (κ2) is 10.2. The van der Waals surface area contributed by atoms with Gasteiger partial charge in [-0.2, -0.15) is 0 Å². The molecule has 0 bridgehead atoms. The number of aromatic nitrogens is 1. The maximum Gasteiger partial charge on any atom is 0.328 e. The zero-order valence-electron chi connectivity index (χ0n) is 16.5. The minimum absolute atomic E-state index is 0.00786. The molecule has 2 aromatic carbocycles. The van der Waals surface area contributed by atoms with Crippen LogP contribution in [-0.2, 0) is 36.7 Å². The highest BCUT2D eigenvalue weighted by Crippen LogP contribution is 2.16. The maximum atomic E-state index is 12.2. The number of nitrogens with one attached hydrogen (secondary N) is 1. The molecule has 154 valence electrons. The van der Waals surface area contributed by atoms with Crippen LogP contribution in [0.2, 0.25) is 0 Å². The molecule has 0 saturated carbocycles. The van der Waals surface area contributed by atoms with Crippen LogP contribution in [0.15, 0.2) is 66.9 Å². The molecule has 1 heterocycles. The van der Waals surface area contributed by atoms with E-state index in [1.807, 2.05) is 54.6 Å². The topological polar surface area (TPSA) is 94.6 Å². The summed E-state index contributed by atoms with van der Waals surface area (Å²) in [6.07, 6.45) is 1.92. The van der Waals surface area contributed by atoms with Crippen molar-refractivity contribution in [2.24, 2.45) is 0 Å². The molecule has 30 heavy (non-hydrogen) atoms. The molecule has 7 heteroatoms. The van der Waals surface area contributed by atoms with E-state index >= 15 is 0 Å². The van der Waals surface area contributed by atoms with Crippen LogP contribution in [0.3, 0.4) is 0 Å². The van der Waals surface area contributed by atoms with Gasteiger partial charge >= 0.3 is 11.9 Å². The molecular formula is C23H22N2O5. The highest BCUT2D eigenvalue weighted by Gasteiger charge is 2.22. The molecule has 0 spiro atoms. The number of fused-ring (bicyclic) bond motifs is 1. The highest BCUT2D eigenvalue weighted by molar-refractivity contribution is 5.88. The second-order valence-corrected chi connectivity index (χ2v) is 6.66.